The number of carbonyl (C=O) groups is 2. The average molecular weight is 211 g/mol. The number of carboxylic acids is 1. The van der Waals surface area contributed by atoms with Crippen molar-refractivity contribution in [2.75, 3.05) is 13.1 Å². The highest BCUT2D eigenvalue weighted by Gasteiger charge is 2.42. The van der Waals surface area contributed by atoms with Gasteiger partial charge in [-0.15, -0.1) is 0 Å². The van der Waals surface area contributed by atoms with Gasteiger partial charge in [0, 0.05) is 6.54 Å². The van der Waals surface area contributed by atoms with Gasteiger partial charge in [0.1, 0.15) is 12.5 Å². The summed E-state index contributed by atoms with van der Waals surface area (Å²) in [5.41, 5.74) is 0. The molecule has 1 heterocycles. The van der Waals surface area contributed by atoms with Crippen molar-refractivity contribution in [3.8, 4) is 0 Å². The maximum Gasteiger partial charge on any atom is 0.406 e. The molecular formula is C7H8F3NO3. The van der Waals surface area contributed by atoms with E-state index in [-0.39, 0.29) is 13.0 Å². The minimum atomic E-state index is -4.47. The normalized spacial score (nSPS) is 22.9. The molecule has 1 aliphatic rings. The van der Waals surface area contributed by atoms with E-state index in [9.17, 15) is 22.8 Å². The highest BCUT2D eigenvalue weighted by Crippen LogP contribution is 2.23. The van der Waals surface area contributed by atoms with Crippen molar-refractivity contribution < 1.29 is 27.9 Å². The standard InChI is InChI=1S/C7H8F3NO3/c8-7(9,10)3-11-2-1-4(5(11)12)6(13)14/h4H,1-3H2,(H,13,14). The lowest BCUT2D eigenvalue weighted by Gasteiger charge is -2.17. The lowest BCUT2D eigenvalue weighted by molar-refractivity contribution is -0.161. The Morgan fingerprint density at radius 3 is 2.50 bits per heavy atom. The van der Waals surface area contributed by atoms with Crippen LogP contribution >= 0.6 is 0 Å². The third-order valence-corrected chi connectivity index (χ3v) is 1.97. The summed E-state index contributed by atoms with van der Waals surface area (Å²) in [6.45, 7) is -1.51. The van der Waals surface area contributed by atoms with E-state index in [0.29, 0.717) is 4.90 Å². The van der Waals surface area contributed by atoms with Crippen LogP contribution in [0.3, 0.4) is 0 Å². The van der Waals surface area contributed by atoms with Gasteiger partial charge in [0.25, 0.3) is 0 Å². The summed E-state index contributed by atoms with van der Waals surface area (Å²) >= 11 is 0. The molecule has 80 valence electrons. The number of hydrogen-bond donors (Lipinski definition) is 1. The summed E-state index contributed by atoms with van der Waals surface area (Å²) < 4.78 is 35.6. The predicted molar refractivity (Wildman–Crippen MR) is 38.4 cm³/mol. The lowest BCUT2D eigenvalue weighted by atomic mass is 10.1. The van der Waals surface area contributed by atoms with Gasteiger partial charge in [0.2, 0.25) is 5.91 Å². The second kappa shape index (κ2) is 3.47. The molecule has 0 radical (unpaired) electrons. The summed E-state index contributed by atoms with van der Waals surface area (Å²) in [5.74, 6) is -3.62. The molecule has 1 rings (SSSR count). The van der Waals surface area contributed by atoms with Gasteiger partial charge in [-0.1, -0.05) is 0 Å². The Kier molecular flexibility index (Phi) is 2.68. The molecule has 0 aromatic rings. The molecule has 1 aliphatic heterocycles. The van der Waals surface area contributed by atoms with Crippen molar-refractivity contribution in [2.45, 2.75) is 12.6 Å². The number of alkyl halides is 3. The van der Waals surface area contributed by atoms with Crippen LogP contribution in [0.5, 0.6) is 0 Å². The van der Waals surface area contributed by atoms with E-state index in [1.165, 1.54) is 0 Å². The van der Waals surface area contributed by atoms with Crippen LogP contribution in [0, 0.1) is 5.92 Å². The fraction of sp³-hybridized carbons (Fsp3) is 0.714. The molecule has 14 heavy (non-hydrogen) atoms. The molecule has 1 atom stereocenters. The third kappa shape index (κ3) is 2.36. The zero-order chi connectivity index (χ0) is 10.9. The first-order chi connectivity index (χ1) is 6.31. The fourth-order valence-electron chi connectivity index (χ4n) is 1.34. The highest BCUT2D eigenvalue weighted by molar-refractivity contribution is 5.98. The first-order valence-electron chi connectivity index (χ1n) is 3.89. The number of carboxylic acid groups (broad SMARTS) is 1. The number of hydrogen-bond acceptors (Lipinski definition) is 2. The highest BCUT2D eigenvalue weighted by atomic mass is 19.4. The first-order valence-corrected chi connectivity index (χ1v) is 3.89. The Labute approximate surface area is 77.3 Å². The van der Waals surface area contributed by atoms with Gasteiger partial charge in [0.05, 0.1) is 0 Å². The molecule has 1 unspecified atom stereocenters. The molecule has 7 heteroatoms. The fourth-order valence-corrected chi connectivity index (χ4v) is 1.34. The smallest absolute Gasteiger partial charge is 0.406 e. The van der Waals surface area contributed by atoms with Gasteiger partial charge in [-0.3, -0.25) is 9.59 Å². The van der Waals surface area contributed by atoms with E-state index in [1.54, 1.807) is 0 Å². The summed E-state index contributed by atoms with van der Waals surface area (Å²) in [7, 11) is 0. The first kappa shape index (κ1) is 10.8. The number of carbonyl (C=O) groups excluding carboxylic acids is 1. The second-order valence-electron chi connectivity index (χ2n) is 3.05. The molecule has 1 fully saturated rings. The Morgan fingerprint density at radius 1 is 1.57 bits per heavy atom. The number of nitrogens with zero attached hydrogens (tertiary/aromatic N) is 1. The van der Waals surface area contributed by atoms with E-state index >= 15 is 0 Å². The van der Waals surface area contributed by atoms with Crippen molar-refractivity contribution >= 4 is 11.9 Å². The maximum absolute atomic E-state index is 11.9. The summed E-state index contributed by atoms with van der Waals surface area (Å²) in [5, 5.41) is 8.47. The van der Waals surface area contributed by atoms with Crippen LogP contribution in [0.4, 0.5) is 13.2 Å². The van der Waals surface area contributed by atoms with Gasteiger partial charge >= 0.3 is 12.1 Å². The molecule has 4 nitrogen and oxygen atoms in total. The summed E-state index contributed by atoms with van der Waals surface area (Å²) in [6, 6.07) is 0. The van der Waals surface area contributed by atoms with Gasteiger partial charge in [-0.2, -0.15) is 13.2 Å². The number of amides is 1. The van der Waals surface area contributed by atoms with E-state index in [4.69, 9.17) is 5.11 Å². The Morgan fingerprint density at radius 2 is 2.14 bits per heavy atom. The van der Waals surface area contributed by atoms with Gasteiger partial charge < -0.3 is 10.0 Å². The average Bonchev–Trinajstić information content (AvgIpc) is 2.29. The quantitative estimate of drug-likeness (QED) is 0.676. The monoisotopic (exact) mass is 211 g/mol. The van der Waals surface area contributed by atoms with Crippen LogP contribution in [-0.4, -0.2) is 41.1 Å². The number of likely N-dealkylation sites (tertiary alicyclic amines) is 1. The topological polar surface area (TPSA) is 57.6 Å². The third-order valence-electron chi connectivity index (χ3n) is 1.97. The van der Waals surface area contributed by atoms with Crippen LogP contribution < -0.4 is 0 Å². The summed E-state index contributed by atoms with van der Waals surface area (Å²) in [4.78, 5) is 22.0. The molecular weight excluding hydrogens is 203 g/mol. The van der Waals surface area contributed by atoms with Crippen molar-refractivity contribution in [1.29, 1.82) is 0 Å². The number of aliphatic carboxylic acids is 1. The van der Waals surface area contributed by atoms with Crippen LogP contribution in [-0.2, 0) is 9.59 Å². The van der Waals surface area contributed by atoms with Gasteiger partial charge in [-0.05, 0) is 6.42 Å². The molecule has 0 aromatic heterocycles. The zero-order valence-corrected chi connectivity index (χ0v) is 7.04. The molecule has 0 spiro atoms. The van der Waals surface area contributed by atoms with Gasteiger partial charge in [0.15, 0.2) is 0 Å². The lowest BCUT2D eigenvalue weighted by Crippen LogP contribution is -2.37. The minimum Gasteiger partial charge on any atom is -0.481 e. The van der Waals surface area contributed by atoms with E-state index in [0.717, 1.165) is 0 Å². The predicted octanol–water partition coefficient (Wildman–Crippen LogP) is 0.482. The van der Waals surface area contributed by atoms with E-state index < -0.39 is 30.5 Å². The van der Waals surface area contributed by atoms with E-state index in [2.05, 4.69) is 0 Å². The van der Waals surface area contributed by atoms with Crippen molar-refractivity contribution in [3.05, 3.63) is 0 Å². The minimum absolute atomic E-state index is 0.0513. The summed E-state index contributed by atoms with van der Waals surface area (Å²) in [6.07, 6.45) is -4.52. The molecule has 1 amide bonds. The Hall–Kier alpha value is -1.27. The molecule has 0 aromatic carbocycles. The second-order valence-corrected chi connectivity index (χ2v) is 3.05. The molecule has 1 saturated heterocycles. The van der Waals surface area contributed by atoms with Crippen LogP contribution in [0.25, 0.3) is 0 Å². The molecule has 0 aliphatic carbocycles. The van der Waals surface area contributed by atoms with Gasteiger partial charge in [-0.25, -0.2) is 0 Å². The number of rotatable bonds is 2. The maximum atomic E-state index is 11.9. The molecule has 0 saturated carbocycles. The van der Waals surface area contributed by atoms with Crippen LogP contribution in [0.1, 0.15) is 6.42 Å². The molecule has 1 N–H and O–H groups in total. The Balaban J connectivity index is 2.61. The van der Waals surface area contributed by atoms with E-state index in [1.807, 2.05) is 0 Å². The van der Waals surface area contributed by atoms with Crippen LogP contribution in [0.15, 0.2) is 0 Å². The van der Waals surface area contributed by atoms with Crippen molar-refractivity contribution in [1.82, 2.24) is 4.90 Å². The zero-order valence-electron chi connectivity index (χ0n) is 7.04. The van der Waals surface area contributed by atoms with Crippen LogP contribution in [0.2, 0.25) is 0 Å². The SMILES string of the molecule is O=C(O)C1CCN(CC(F)(F)F)C1=O. The number of halogens is 3. The Bertz CT molecular complexity index is 263. The van der Waals surface area contributed by atoms with Crippen molar-refractivity contribution in [3.63, 3.8) is 0 Å². The van der Waals surface area contributed by atoms with Crippen molar-refractivity contribution in [2.24, 2.45) is 5.92 Å². The largest absolute Gasteiger partial charge is 0.481 e. The molecule has 0 bridgehead atoms.